The Balaban J connectivity index is 2.08. The number of hydrogen-bond donors (Lipinski definition) is 0. The fraction of sp³-hybridized carbons (Fsp3) is 0.533. The lowest BCUT2D eigenvalue weighted by atomic mass is 9.96. The molecule has 0 bridgehead atoms. The zero-order chi connectivity index (χ0) is 14.5. The molecule has 1 fully saturated rings. The van der Waals surface area contributed by atoms with E-state index in [1.165, 1.54) is 11.0 Å². The SMILES string of the molecule is CCN(C(=O)CC1CCOCC1)c1ccc(Cl)cc1F. The third-order valence-electron chi connectivity index (χ3n) is 3.62. The molecule has 0 N–H and O–H groups in total. The van der Waals surface area contributed by atoms with Crippen LogP contribution in [0.2, 0.25) is 5.02 Å². The maximum Gasteiger partial charge on any atom is 0.227 e. The lowest BCUT2D eigenvalue weighted by Gasteiger charge is -2.26. The summed E-state index contributed by atoms with van der Waals surface area (Å²) in [6.07, 6.45) is 2.23. The van der Waals surface area contributed by atoms with Crippen molar-refractivity contribution >= 4 is 23.2 Å². The first-order valence-corrected chi connectivity index (χ1v) is 7.32. The molecule has 0 unspecified atom stereocenters. The molecule has 1 aromatic carbocycles. The maximum absolute atomic E-state index is 13.9. The van der Waals surface area contributed by atoms with Gasteiger partial charge in [0.25, 0.3) is 0 Å². The number of amides is 1. The van der Waals surface area contributed by atoms with Gasteiger partial charge >= 0.3 is 0 Å². The molecule has 0 spiro atoms. The summed E-state index contributed by atoms with van der Waals surface area (Å²) in [5, 5.41) is 0.333. The van der Waals surface area contributed by atoms with Gasteiger partial charge < -0.3 is 9.64 Å². The molecule has 1 saturated heterocycles. The van der Waals surface area contributed by atoms with Gasteiger partial charge in [-0.25, -0.2) is 4.39 Å². The van der Waals surface area contributed by atoms with E-state index in [-0.39, 0.29) is 5.91 Å². The lowest BCUT2D eigenvalue weighted by molar-refractivity contribution is -0.120. The molecular formula is C15H19ClFNO2. The Hall–Kier alpha value is -1.13. The minimum absolute atomic E-state index is 0.0411. The van der Waals surface area contributed by atoms with Crippen molar-refractivity contribution in [3.63, 3.8) is 0 Å². The van der Waals surface area contributed by atoms with Crippen LogP contribution in [0, 0.1) is 11.7 Å². The molecule has 1 amide bonds. The highest BCUT2D eigenvalue weighted by Gasteiger charge is 2.23. The van der Waals surface area contributed by atoms with Gasteiger partial charge in [-0.05, 0) is 43.9 Å². The normalized spacial score (nSPS) is 16.1. The molecule has 2 rings (SSSR count). The zero-order valence-electron chi connectivity index (χ0n) is 11.6. The quantitative estimate of drug-likeness (QED) is 0.849. The van der Waals surface area contributed by atoms with Crippen molar-refractivity contribution < 1.29 is 13.9 Å². The molecule has 0 radical (unpaired) electrons. The number of hydrogen-bond acceptors (Lipinski definition) is 2. The van der Waals surface area contributed by atoms with E-state index in [0.717, 1.165) is 12.8 Å². The Morgan fingerprint density at radius 3 is 2.75 bits per heavy atom. The predicted octanol–water partition coefficient (Wildman–Crippen LogP) is 3.65. The number of anilines is 1. The van der Waals surface area contributed by atoms with Crippen molar-refractivity contribution in [2.24, 2.45) is 5.92 Å². The van der Waals surface area contributed by atoms with Crippen LogP contribution in [0.15, 0.2) is 18.2 Å². The number of benzene rings is 1. The molecule has 20 heavy (non-hydrogen) atoms. The predicted molar refractivity (Wildman–Crippen MR) is 77.6 cm³/mol. The van der Waals surface area contributed by atoms with E-state index in [0.29, 0.717) is 42.8 Å². The van der Waals surface area contributed by atoms with Gasteiger partial charge in [0.15, 0.2) is 0 Å². The minimum Gasteiger partial charge on any atom is -0.381 e. The topological polar surface area (TPSA) is 29.5 Å². The van der Waals surface area contributed by atoms with Gasteiger partial charge in [0.2, 0.25) is 5.91 Å². The number of nitrogens with zero attached hydrogens (tertiary/aromatic N) is 1. The third kappa shape index (κ3) is 3.70. The number of halogens is 2. The molecule has 1 aliphatic rings. The van der Waals surface area contributed by atoms with E-state index in [1.54, 1.807) is 12.1 Å². The fourth-order valence-corrected chi connectivity index (χ4v) is 2.65. The van der Waals surface area contributed by atoms with E-state index in [1.807, 2.05) is 6.92 Å². The summed E-state index contributed by atoms with van der Waals surface area (Å²) in [7, 11) is 0. The van der Waals surface area contributed by atoms with Crippen LogP contribution in [-0.2, 0) is 9.53 Å². The summed E-state index contributed by atoms with van der Waals surface area (Å²) >= 11 is 5.74. The van der Waals surface area contributed by atoms with Crippen LogP contribution in [0.3, 0.4) is 0 Å². The van der Waals surface area contributed by atoms with Gasteiger partial charge in [-0.3, -0.25) is 4.79 Å². The maximum atomic E-state index is 13.9. The second-order valence-electron chi connectivity index (χ2n) is 4.99. The van der Waals surface area contributed by atoms with Gasteiger partial charge in [0.1, 0.15) is 5.82 Å². The Labute approximate surface area is 123 Å². The van der Waals surface area contributed by atoms with E-state index >= 15 is 0 Å². The summed E-state index contributed by atoms with van der Waals surface area (Å²) in [5.74, 6) is -0.166. The van der Waals surface area contributed by atoms with Crippen LogP contribution in [0.5, 0.6) is 0 Å². The molecule has 1 aliphatic heterocycles. The number of carbonyl (C=O) groups is 1. The Morgan fingerprint density at radius 1 is 1.45 bits per heavy atom. The van der Waals surface area contributed by atoms with Gasteiger partial charge in [0.05, 0.1) is 5.69 Å². The minimum atomic E-state index is -0.459. The fourth-order valence-electron chi connectivity index (χ4n) is 2.49. The zero-order valence-corrected chi connectivity index (χ0v) is 12.3. The van der Waals surface area contributed by atoms with Gasteiger partial charge in [-0.1, -0.05) is 11.6 Å². The van der Waals surface area contributed by atoms with Crippen molar-refractivity contribution in [1.82, 2.24) is 0 Å². The van der Waals surface area contributed by atoms with Crippen LogP contribution in [0.25, 0.3) is 0 Å². The van der Waals surface area contributed by atoms with E-state index in [2.05, 4.69) is 0 Å². The summed E-state index contributed by atoms with van der Waals surface area (Å²) in [6.45, 7) is 3.70. The van der Waals surface area contributed by atoms with E-state index in [9.17, 15) is 9.18 Å². The molecule has 1 heterocycles. The second-order valence-corrected chi connectivity index (χ2v) is 5.43. The highest BCUT2D eigenvalue weighted by molar-refractivity contribution is 6.30. The van der Waals surface area contributed by atoms with E-state index < -0.39 is 5.82 Å². The summed E-state index contributed by atoms with van der Waals surface area (Å²) in [4.78, 5) is 13.9. The lowest BCUT2D eigenvalue weighted by Crippen LogP contribution is -2.33. The van der Waals surface area contributed by atoms with Crippen molar-refractivity contribution in [3.8, 4) is 0 Å². The molecule has 3 nitrogen and oxygen atoms in total. The average molecular weight is 300 g/mol. The Bertz CT molecular complexity index is 475. The molecule has 0 saturated carbocycles. The van der Waals surface area contributed by atoms with Crippen LogP contribution in [-0.4, -0.2) is 25.7 Å². The first-order chi connectivity index (χ1) is 9.61. The van der Waals surface area contributed by atoms with Crippen molar-refractivity contribution in [3.05, 3.63) is 29.0 Å². The molecule has 0 atom stereocenters. The number of rotatable bonds is 4. The average Bonchev–Trinajstić information content (AvgIpc) is 2.43. The highest BCUT2D eigenvalue weighted by Crippen LogP contribution is 2.26. The van der Waals surface area contributed by atoms with Crippen LogP contribution < -0.4 is 4.90 Å². The van der Waals surface area contributed by atoms with Gasteiger partial charge in [-0.2, -0.15) is 0 Å². The molecule has 110 valence electrons. The van der Waals surface area contributed by atoms with Crippen LogP contribution in [0.4, 0.5) is 10.1 Å². The van der Waals surface area contributed by atoms with Gasteiger partial charge in [0, 0.05) is 31.2 Å². The number of carbonyl (C=O) groups excluding carboxylic acids is 1. The van der Waals surface area contributed by atoms with Crippen molar-refractivity contribution in [1.29, 1.82) is 0 Å². The Kier molecular flexibility index (Phi) is 5.38. The van der Waals surface area contributed by atoms with Crippen molar-refractivity contribution in [2.75, 3.05) is 24.7 Å². The molecule has 0 aliphatic carbocycles. The standard InChI is InChI=1S/C15H19ClFNO2/c1-2-18(14-4-3-12(16)10-13(14)17)15(19)9-11-5-7-20-8-6-11/h3-4,10-11H,2,5-9H2,1H3. The monoisotopic (exact) mass is 299 g/mol. The summed E-state index contributed by atoms with van der Waals surface area (Å²) < 4.78 is 19.2. The molecule has 0 aromatic heterocycles. The second kappa shape index (κ2) is 7.04. The van der Waals surface area contributed by atoms with E-state index in [4.69, 9.17) is 16.3 Å². The molecule has 1 aromatic rings. The first kappa shape index (κ1) is 15.3. The van der Waals surface area contributed by atoms with Gasteiger partial charge in [-0.15, -0.1) is 0 Å². The molecular weight excluding hydrogens is 281 g/mol. The van der Waals surface area contributed by atoms with Crippen LogP contribution in [0.1, 0.15) is 26.2 Å². The first-order valence-electron chi connectivity index (χ1n) is 6.95. The van der Waals surface area contributed by atoms with Crippen LogP contribution >= 0.6 is 11.6 Å². The Morgan fingerprint density at radius 2 is 2.15 bits per heavy atom. The largest absolute Gasteiger partial charge is 0.381 e. The third-order valence-corrected chi connectivity index (χ3v) is 3.86. The van der Waals surface area contributed by atoms with Crippen molar-refractivity contribution in [2.45, 2.75) is 26.2 Å². The number of ether oxygens (including phenoxy) is 1. The highest BCUT2D eigenvalue weighted by atomic mass is 35.5. The summed E-state index contributed by atoms with van der Waals surface area (Å²) in [5.41, 5.74) is 0.300. The summed E-state index contributed by atoms with van der Waals surface area (Å²) in [6, 6.07) is 4.40. The molecule has 5 heteroatoms. The smallest absolute Gasteiger partial charge is 0.227 e.